The molecule has 1 atom stereocenters. The molecular weight excluding hydrogens is 751 g/mol. The van der Waals surface area contributed by atoms with Crippen LogP contribution in [-0.4, -0.2) is 94.5 Å². The highest BCUT2D eigenvalue weighted by atomic mass is 35.5. The highest BCUT2D eigenvalue weighted by Gasteiger charge is 2.37. The van der Waals surface area contributed by atoms with Crippen LogP contribution in [0.3, 0.4) is 0 Å². The predicted octanol–water partition coefficient (Wildman–Crippen LogP) is 7.35. The smallest absolute Gasteiger partial charge is 0.320 e. The van der Waals surface area contributed by atoms with Gasteiger partial charge in [0.2, 0.25) is 5.91 Å². The number of benzene rings is 3. The van der Waals surface area contributed by atoms with E-state index in [0.717, 1.165) is 48.9 Å². The van der Waals surface area contributed by atoms with E-state index in [9.17, 15) is 14.4 Å². The summed E-state index contributed by atoms with van der Waals surface area (Å²) < 4.78 is 38.5. The number of methoxy groups -OCH3 is 2. The largest absolute Gasteiger partial charge is 0.493 e. The predicted molar refractivity (Wildman–Crippen MR) is 221 cm³/mol. The van der Waals surface area contributed by atoms with E-state index in [4.69, 9.17) is 30.5 Å². The topological polar surface area (TPSA) is 110 Å². The third-order valence-corrected chi connectivity index (χ3v) is 10.7. The molecule has 5 rings (SSSR count). The minimum atomic E-state index is -0.633. The van der Waals surface area contributed by atoms with Crippen molar-refractivity contribution in [2.75, 3.05) is 63.8 Å². The number of amides is 1. The minimum absolute atomic E-state index is 0.0706. The first-order valence-electron chi connectivity index (χ1n) is 19.8. The van der Waals surface area contributed by atoms with Gasteiger partial charge >= 0.3 is 11.9 Å². The molecule has 11 nitrogen and oxygen atoms in total. The molecule has 3 aromatic carbocycles. The Labute approximate surface area is 341 Å². The lowest BCUT2D eigenvalue weighted by Crippen LogP contribution is -2.46. The number of hydrogen-bond acceptors (Lipinski definition) is 10. The molecule has 0 radical (unpaired) electrons. The Hall–Kier alpha value is -4.39. The van der Waals surface area contributed by atoms with Crippen molar-refractivity contribution >= 4 is 40.8 Å². The number of ether oxygens (including phenoxy) is 4. The number of esters is 2. The first-order chi connectivity index (χ1) is 27.1. The Balaban J connectivity index is 1.27. The fourth-order valence-corrected chi connectivity index (χ4v) is 7.96. The molecule has 0 aromatic heterocycles. The fraction of sp³-hybridized carbons (Fsp3) is 0.523. The van der Waals surface area contributed by atoms with Gasteiger partial charge in [0, 0.05) is 43.4 Å². The first-order valence-corrected chi connectivity index (χ1v) is 20.1. The van der Waals surface area contributed by atoms with Gasteiger partial charge in [0.25, 0.3) is 0 Å². The van der Waals surface area contributed by atoms with Crippen molar-refractivity contribution in [1.29, 1.82) is 0 Å². The molecule has 1 aliphatic heterocycles. The maximum Gasteiger partial charge on any atom is 0.320 e. The lowest BCUT2D eigenvalue weighted by molar-refractivity contribution is -0.153. The molecule has 0 unspecified atom stereocenters. The third-order valence-electron chi connectivity index (χ3n) is 10.5. The van der Waals surface area contributed by atoms with Gasteiger partial charge < -0.3 is 29.2 Å². The molecule has 0 bridgehead atoms. The zero-order chi connectivity index (χ0) is 41.4. The summed E-state index contributed by atoms with van der Waals surface area (Å²) in [4.78, 5) is 44.2. The highest BCUT2D eigenvalue weighted by Crippen LogP contribution is 2.45. The van der Waals surface area contributed by atoms with Crippen LogP contribution in [0.2, 0.25) is 5.02 Å². The van der Waals surface area contributed by atoms with E-state index in [0.29, 0.717) is 41.2 Å². The number of anilines is 2. The molecule has 1 heterocycles. The molecule has 1 saturated carbocycles. The van der Waals surface area contributed by atoms with Crippen LogP contribution in [0.5, 0.6) is 11.5 Å². The third kappa shape index (κ3) is 11.6. The molecule has 0 saturated heterocycles. The van der Waals surface area contributed by atoms with Gasteiger partial charge in [-0.25, -0.2) is 4.39 Å². The second-order valence-corrected chi connectivity index (χ2v) is 16.7. The van der Waals surface area contributed by atoms with Crippen LogP contribution < -0.4 is 24.6 Å². The van der Waals surface area contributed by atoms with Crippen molar-refractivity contribution in [3.05, 3.63) is 82.1 Å². The van der Waals surface area contributed by atoms with Crippen molar-refractivity contribution in [1.82, 2.24) is 10.2 Å². The van der Waals surface area contributed by atoms with Crippen molar-refractivity contribution < 1.29 is 37.7 Å². The Morgan fingerprint density at radius 1 is 0.982 bits per heavy atom. The number of carbonyl (C=O) groups excluding carboxylic acids is 3. The normalized spacial score (nSPS) is 18.4. The van der Waals surface area contributed by atoms with Gasteiger partial charge in [-0.2, -0.15) is 0 Å². The zero-order valence-corrected chi connectivity index (χ0v) is 35.3. The number of nitrogens with one attached hydrogen (secondary N) is 1. The average Bonchev–Trinajstić information content (AvgIpc) is 3.15. The molecular formula is C44H58ClFN4O7. The molecule has 1 N–H and O–H groups in total. The summed E-state index contributed by atoms with van der Waals surface area (Å²) in [5.41, 5.74) is 2.76. The Bertz CT molecular complexity index is 1860. The monoisotopic (exact) mass is 808 g/mol. The molecule has 1 aliphatic carbocycles. The molecule has 3 aromatic rings. The molecule has 57 heavy (non-hydrogen) atoms. The van der Waals surface area contributed by atoms with Crippen molar-refractivity contribution in [3.8, 4) is 11.5 Å². The van der Waals surface area contributed by atoms with E-state index >= 15 is 4.39 Å². The molecule has 310 valence electrons. The van der Waals surface area contributed by atoms with Crippen LogP contribution in [0.1, 0.15) is 83.0 Å². The summed E-state index contributed by atoms with van der Waals surface area (Å²) in [6, 6.07) is 15.7. The summed E-state index contributed by atoms with van der Waals surface area (Å²) >= 11 is 6.27. The van der Waals surface area contributed by atoms with Crippen molar-refractivity contribution in [2.24, 2.45) is 5.92 Å². The number of nitrogens with zero attached hydrogens (tertiary/aromatic N) is 3. The van der Waals surface area contributed by atoms with Gasteiger partial charge in [-0.05, 0) is 125 Å². The molecule has 1 amide bonds. The van der Waals surface area contributed by atoms with Crippen molar-refractivity contribution in [3.63, 3.8) is 0 Å². The Morgan fingerprint density at radius 2 is 1.68 bits per heavy atom. The van der Waals surface area contributed by atoms with E-state index in [1.54, 1.807) is 30.2 Å². The van der Waals surface area contributed by atoms with Crippen LogP contribution >= 0.6 is 11.6 Å². The first kappa shape index (κ1) is 43.7. The summed E-state index contributed by atoms with van der Waals surface area (Å²) in [5, 5.41) is 3.70. The molecule has 2 aliphatic rings. The van der Waals surface area contributed by atoms with Crippen LogP contribution in [0.4, 0.5) is 15.8 Å². The summed E-state index contributed by atoms with van der Waals surface area (Å²) in [7, 11) is 4.92. The number of halogens is 2. The van der Waals surface area contributed by atoms with Gasteiger partial charge in [0.05, 0.1) is 51.6 Å². The van der Waals surface area contributed by atoms with Gasteiger partial charge in [0.15, 0.2) is 11.5 Å². The van der Waals surface area contributed by atoms with E-state index in [1.165, 1.54) is 13.2 Å². The van der Waals surface area contributed by atoms with Crippen LogP contribution in [0.15, 0.2) is 54.6 Å². The second kappa shape index (κ2) is 19.4. The van der Waals surface area contributed by atoms with Crippen LogP contribution in [0, 0.1) is 11.7 Å². The van der Waals surface area contributed by atoms with E-state index in [-0.39, 0.29) is 55.2 Å². The molecule has 13 heteroatoms. The number of hydrogen-bond donors (Lipinski definition) is 1. The highest BCUT2D eigenvalue weighted by molar-refractivity contribution is 6.30. The Morgan fingerprint density at radius 3 is 2.30 bits per heavy atom. The summed E-state index contributed by atoms with van der Waals surface area (Å²) in [5.74, 6) is 0.107. The quantitative estimate of drug-likeness (QED) is 0.117. The summed E-state index contributed by atoms with van der Waals surface area (Å²) in [6.45, 7) is 11.5. The van der Waals surface area contributed by atoms with Gasteiger partial charge in [-0.15, -0.1) is 0 Å². The number of fused-ring (bicyclic) bond motifs is 1. The van der Waals surface area contributed by atoms with E-state index in [1.807, 2.05) is 72.0 Å². The van der Waals surface area contributed by atoms with Crippen LogP contribution in [0.25, 0.3) is 0 Å². The number of carbonyl (C=O) groups is 3. The summed E-state index contributed by atoms with van der Waals surface area (Å²) in [6.07, 6.45) is 3.63. The van der Waals surface area contributed by atoms with Gasteiger partial charge in [-0.3, -0.25) is 24.2 Å². The second-order valence-electron chi connectivity index (χ2n) is 16.3. The Kier molecular flexibility index (Phi) is 14.9. The lowest BCUT2D eigenvalue weighted by atomic mass is 9.85. The molecule has 1 fully saturated rings. The van der Waals surface area contributed by atoms with E-state index < -0.39 is 17.5 Å². The molecule has 0 spiro atoms. The van der Waals surface area contributed by atoms with Crippen LogP contribution in [-0.2, 0) is 30.3 Å². The SMILES string of the molecule is COC(=O)CN(CCNCC(=O)OC(C)(C)C)[C@H]1CC[C@H](CN(C)c2ccc(N3C(=O)Cc4cc(OC)c(OC(C)C)cc4[C@@H]3c3ccc(Cl)cc3)c(F)c2)CC1. The van der Waals surface area contributed by atoms with Gasteiger partial charge in [0.1, 0.15) is 11.4 Å². The van der Waals surface area contributed by atoms with Crippen molar-refractivity contribution in [2.45, 2.75) is 90.5 Å². The van der Waals surface area contributed by atoms with Gasteiger partial charge in [-0.1, -0.05) is 23.7 Å². The average molecular weight is 809 g/mol. The zero-order valence-electron chi connectivity index (χ0n) is 34.5. The maximum atomic E-state index is 16.4. The maximum absolute atomic E-state index is 16.4. The van der Waals surface area contributed by atoms with E-state index in [2.05, 4.69) is 15.1 Å². The fourth-order valence-electron chi connectivity index (χ4n) is 7.83. The lowest BCUT2D eigenvalue weighted by Gasteiger charge is -2.39. The number of rotatable bonds is 16. The standard InChI is InChI=1S/C44H58ClFN4O7/c1-28(2)56-39-24-35-31(21-38(39)54-7)22-40(51)50(43(35)30-11-13-32(45)14-12-30)37-18-17-34(23-36(37)46)48(6)26-29-9-15-33(16-10-29)49(27-42(53)55-8)20-19-47-25-41(52)57-44(3,4)5/h11-14,17-18,21,23-24,28-29,33,43,47H,9-10,15-16,19-20,22,25-27H2,1-8H3/t29-,33-,43-/m0/s1. The minimum Gasteiger partial charge on any atom is -0.493 e.